The van der Waals surface area contributed by atoms with E-state index in [9.17, 15) is 13.2 Å². The third-order valence-corrected chi connectivity index (χ3v) is 3.05. The van der Waals surface area contributed by atoms with Gasteiger partial charge < -0.3 is 10.1 Å². The maximum absolute atomic E-state index is 12.3. The quantitative estimate of drug-likeness (QED) is 0.909. The van der Waals surface area contributed by atoms with Gasteiger partial charge in [0.25, 0.3) is 0 Å². The molecule has 0 aliphatic carbocycles. The number of halogens is 3. The molecule has 0 aromatic heterocycles. The highest BCUT2D eigenvalue weighted by Gasteiger charge is 2.31. The van der Waals surface area contributed by atoms with Crippen LogP contribution in [0.25, 0.3) is 11.1 Å². The van der Waals surface area contributed by atoms with E-state index in [1.54, 1.807) is 12.1 Å². The minimum atomic E-state index is -4.68. The van der Waals surface area contributed by atoms with Gasteiger partial charge in [0.2, 0.25) is 0 Å². The summed E-state index contributed by atoms with van der Waals surface area (Å²) in [6, 6.07) is 11.9. The zero-order valence-corrected chi connectivity index (χ0v) is 11.8. The average molecular weight is 295 g/mol. The summed E-state index contributed by atoms with van der Waals surface area (Å²) in [5, 5.41) is 3.06. The van der Waals surface area contributed by atoms with Gasteiger partial charge in [-0.1, -0.05) is 30.3 Å². The van der Waals surface area contributed by atoms with Crippen LogP contribution in [0.4, 0.5) is 13.2 Å². The predicted molar refractivity (Wildman–Crippen MR) is 76.1 cm³/mol. The Hall–Kier alpha value is -2.01. The molecule has 2 aromatic carbocycles. The van der Waals surface area contributed by atoms with E-state index in [0.717, 1.165) is 23.2 Å². The molecule has 0 amide bonds. The van der Waals surface area contributed by atoms with Gasteiger partial charge >= 0.3 is 6.36 Å². The van der Waals surface area contributed by atoms with E-state index in [1.807, 2.05) is 32.2 Å². The van der Waals surface area contributed by atoms with Gasteiger partial charge in [0.05, 0.1) is 0 Å². The van der Waals surface area contributed by atoms with Crippen molar-refractivity contribution in [1.29, 1.82) is 0 Å². The molecule has 0 heterocycles. The molecule has 0 unspecified atom stereocenters. The summed E-state index contributed by atoms with van der Waals surface area (Å²) in [7, 11) is 1.86. The molecule has 1 N–H and O–H groups in total. The van der Waals surface area contributed by atoms with Crippen molar-refractivity contribution in [2.45, 2.75) is 19.8 Å². The zero-order valence-electron chi connectivity index (χ0n) is 11.8. The molecule has 0 spiro atoms. The molecule has 21 heavy (non-hydrogen) atoms. The number of aryl methyl sites for hydroxylation is 1. The summed E-state index contributed by atoms with van der Waals surface area (Å²) < 4.78 is 40.7. The number of ether oxygens (including phenoxy) is 1. The van der Waals surface area contributed by atoms with Gasteiger partial charge in [-0.15, -0.1) is 13.2 Å². The fraction of sp³-hybridized carbons (Fsp3) is 0.250. The Bertz CT molecular complexity index is 623. The molecule has 2 nitrogen and oxygen atoms in total. The van der Waals surface area contributed by atoms with Crippen LogP contribution in [0, 0.1) is 6.92 Å². The van der Waals surface area contributed by atoms with Crippen LogP contribution in [0.5, 0.6) is 5.75 Å². The first-order valence-electron chi connectivity index (χ1n) is 6.49. The molecular formula is C16H16F3NO. The zero-order chi connectivity index (χ0) is 15.5. The second-order valence-electron chi connectivity index (χ2n) is 4.76. The Balaban J connectivity index is 2.32. The fourth-order valence-corrected chi connectivity index (χ4v) is 2.22. The molecule has 0 bridgehead atoms. The van der Waals surface area contributed by atoms with E-state index in [-0.39, 0.29) is 5.75 Å². The number of benzene rings is 2. The normalized spacial score (nSPS) is 11.5. The van der Waals surface area contributed by atoms with Crippen molar-refractivity contribution in [2.24, 2.45) is 0 Å². The van der Waals surface area contributed by atoms with Gasteiger partial charge in [-0.05, 0) is 48.4 Å². The van der Waals surface area contributed by atoms with Gasteiger partial charge in [0.1, 0.15) is 5.75 Å². The molecular weight excluding hydrogens is 279 g/mol. The summed E-state index contributed by atoms with van der Waals surface area (Å²) in [6.45, 7) is 2.68. The highest BCUT2D eigenvalue weighted by molar-refractivity contribution is 5.68. The van der Waals surface area contributed by atoms with E-state index in [4.69, 9.17) is 0 Å². The first kappa shape index (κ1) is 15.4. The van der Waals surface area contributed by atoms with Crippen LogP contribution in [0.2, 0.25) is 0 Å². The fourth-order valence-electron chi connectivity index (χ4n) is 2.22. The molecule has 5 heteroatoms. The van der Waals surface area contributed by atoms with Crippen molar-refractivity contribution in [2.75, 3.05) is 7.05 Å². The Morgan fingerprint density at radius 1 is 1.10 bits per heavy atom. The Labute approximate surface area is 121 Å². The van der Waals surface area contributed by atoms with E-state index < -0.39 is 6.36 Å². The smallest absolute Gasteiger partial charge is 0.406 e. The van der Waals surface area contributed by atoms with E-state index in [1.165, 1.54) is 12.1 Å². The monoisotopic (exact) mass is 295 g/mol. The van der Waals surface area contributed by atoms with Crippen molar-refractivity contribution in [1.82, 2.24) is 5.32 Å². The standard InChI is InChI=1S/C16H16F3NO/c1-11-8-12(10-20-2)6-7-15(11)13-4-3-5-14(9-13)21-16(17,18)19/h3-9,20H,10H2,1-2H3. The van der Waals surface area contributed by atoms with Crippen LogP contribution < -0.4 is 10.1 Å². The largest absolute Gasteiger partial charge is 0.573 e. The highest BCUT2D eigenvalue weighted by atomic mass is 19.4. The lowest BCUT2D eigenvalue weighted by Gasteiger charge is -2.12. The van der Waals surface area contributed by atoms with Gasteiger partial charge in [0, 0.05) is 6.54 Å². The molecule has 2 aromatic rings. The SMILES string of the molecule is CNCc1ccc(-c2cccc(OC(F)(F)F)c2)c(C)c1. The maximum Gasteiger partial charge on any atom is 0.573 e. The molecule has 0 saturated heterocycles. The first-order chi connectivity index (χ1) is 9.89. The average Bonchev–Trinajstić information content (AvgIpc) is 2.37. The van der Waals surface area contributed by atoms with Crippen molar-refractivity contribution in [3.63, 3.8) is 0 Å². The topological polar surface area (TPSA) is 21.3 Å². The molecule has 0 radical (unpaired) electrons. The van der Waals surface area contributed by atoms with Gasteiger partial charge in [-0.3, -0.25) is 0 Å². The molecule has 0 saturated carbocycles. The van der Waals surface area contributed by atoms with Crippen LogP contribution in [0.3, 0.4) is 0 Å². The van der Waals surface area contributed by atoms with Crippen LogP contribution >= 0.6 is 0 Å². The van der Waals surface area contributed by atoms with Crippen molar-refractivity contribution >= 4 is 0 Å². The van der Waals surface area contributed by atoms with E-state index in [2.05, 4.69) is 10.1 Å². The highest BCUT2D eigenvalue weighted by Crippen LogP contribution is 2.30. The second-order valence-corrected chi connectivity index (χ2v) is 4.76. The maximum atomic E-state index is 12.3. The lowest BCUT2D eigenvalue weighted by Crippen LogP contribution is -2.17. The van der Waals surface area contributed by atoms with Crippen LogP contribution in [0.15, 0.2) is 42.5 Å². The van der Waals surface area contributed by atoms with Crippen molar-refractivity contribution in [3.05, 3.63) is 53.6 Å². The summed E-state index contributed by atoms with van der Waals surface area (Å²) in [6.07, 6.45) is -4.68. The molecule has 0 aliphatic heterocycles. The van der Waals surface area contributed by atoms with Crippen LogP contribution in [0.1, 0.15) is 11.1 Å². The van der Waals surface area contributed by atoms with Crippen LogP contribution in [-0.4, -0.2) is 13.4 Å². The predicted octanol–water partition coefficient (Wildman–Crippen LogP) is 4.28. The van der Waals surface area contributed by atoms with Gasteiger partial charge in [0.15, 0.2) is 0 Å². The minimum Gasteiger partial charge on any atom is -0.406 e. The van der Waals surface area contributed by atoms with Gasteiger partial charge in [-0.25, -0.2) is 0 Å². The van der Waals surface area contributed by atoms with E-state index >= 15 is 0 Å². The van der Waals surface area contributed by atoms with Crippen molar-refractivity contribution in [3.8, 4) is 16.9 Å². The first-order valence-corrected chi connectivity index (χ1v) is 6.49. The number of rotatable bonds is 4. The number of hydrogen-bond acceptors (Lipinski definition) is 2. The third-order valence-electron chi connectivity index (χ3n) is 3.05. The van der Waals surface area contributed by atoms with Crippen LogP contribution in [-0.2, 0) is 6.54 Å². The summed E-state index contributed by atoms with van der Waals surface area (Å²) in [5.41, 5.74) is 3.72. The minimum absolute atomic E-state index is 0.210. The van der Waals surface area contributed by atoms with Gasteiger partial charge in [-0.2, -0.15) is 0 Å². The number of nitrogens with one attached hydrogen (secondary N) is 1. The molecule has 112 valence electrons. The Morgan fingerprint density at radius 2 is 1.86 bits per heavy atom. The lowest BCUT2D eigenvalue weighted by atomic mass is 9.98. The molecule has 0 atom stereocenters. The third kappa shape index (κ3) is 4.23. The number of hydrogen-bond donors (Lipinski definition) is 1. The van der Waals surface area contributed by atoms with Crippen molar-refractivity contribution < 1.29 is 17.9 Å². The molecule has 0 aliphatic rings. The second kappa shape index (κ2) is 6.18. The lowest BCUT2D eigenvalue weighted by molar-refractivity contribution is -0.274. The summed E-state index contributed by atoms with van der Waals surface area (Å²) in [5.74, 6) is -0.210. The summed E-state index contributed by atoms with van der Waals surface area (Å²) >= 11 is 0. The number of alkyl halides is 3. The van der Waals surface area contributed by atoms with E-state index in [0.29, 0.717) is 5.56 Å². The summed E-state index contributed by atoms with van der Waals surface area (Å²) in [4.78, 5) is 0. The Morgan fingerprint density at radius 3 is 2.48 bits per heavy atom. The Kier molecular flexibility index (Phi) is 4.53. The molecule has 0 fully saturated rings. The molecule has 2 rings (SSSR count).